The lowest BCUT2D eigenvalue weighted by Crippen LogP contribution is -2.17. The first-order chi connectivity index (χ1) is 10.2. The van der Waals surface area contributed by atoms with Crippen molar-refractivity contribution in [3.8, 4) is 0 Å². The lowest BCUT2D eigenvalue weighted by molar-refractivity contribution is 0.0526. The molecular weight excluding hydrogens is 271 g/mol. The van der Waals surface area contributed by atoms with E-state index in [4.69, 9.17) is 4.74 Å². The molecule has 0 bridgehead atoms. The molecule has 5 heteroatoms. The number of pyridine rings is 1. The molecule has 0 saturated carbocycles. The molecular formula is C16H17FN2O2. The molecule has 1 aromatic carbocycles. The van der Waals surface area contributed by atoms with Crippen molar-refractivity contribution in [2.45, 2.75) is 13.8 Å². The zero-order valence-corrected chi connectivity index (χ0v) is 12.0. The van der Waals surface area contributed by atoms with Crippen molar-refractivity contribution in [3.63, 3.8) is 0 Å². The maximum absolute atomic E-state index is 13.3. The highest BCUT2D eigenvalue weighted by atomic mass is 19.1. The standard InChI is InChI=1S/C16H17FN2O2/c1-3-19(14-7-5-6-13(17)10-14)15-9-8-12(11-18-15)16(20)21-4-2/h5-11H,3-4H2,1-2H3. The Morgan fingerprint density at radius 1 is 1.29 bits per heavy atom. The van der Waals surface area contributed by atoms with Gasteiger partial charge in [-0.15, -0.1) is 0 Å². The summed E-state index contributed by atoms with van der Waals surface area (Å²) >= 11 is 0. The van der Waals surface area contributed by atoms with Gasteiger partial charge in [-0.1, -0.05) is 6.07 Å². The molecule has 0 aliphatic rings. The fraction of sp³-hybridized carbons (Fsp3) is 0.250. The molecule has 0 spiro atoms. The number of esters is 1. The van der Waals surface area contributed by atoms with E-state index in [-0.39, 0.29) is 5.82 Å². The van der Waals surface area contributed by atoms with Crippen molar-refractivity contribution in [3.05, 3.63) is 54.0 Å². The first kappa shape index (κ1) is 15.0. The average molecular weight is 288 g/mol. The van der Waals surface area contributed by atoms with Crippen molar-refractivity contribution in [1.82, 2.24) is 4.98 Å². The van der Waals surface area contributed by atoms with E-state index in [1.165, 1.54) is 18.3 Å². The quantitative estimate of drug-likeness (QED) is 0.789. The Labute approximate surface area is 123 Å². The number of benzene rings is 1. The van der Waals surface area contributed by atoms with E-state index in [9.17, 15) is 9.18 Å². The number of nitrogens with zero attached hydrogens (tertiary/aromatic N) is 2. The number of rotatable bonds is 5. The van der Waals surface area contributed by atoms with Gasteiger partial charge < -0.3 is 9.64 Å². The van der Waals surface area contributed by atoms with Crippen LogP contribution in [0.3, 0.4) is 0 Å². The summed E-state index contributed by atoms with van der Waals surface area (Å²) in [5.41, 5.74) is 1.12. The van der Waals surface area contributed by atoms with E-state index in [1.807, 2.05) is 17.9 Å². The van der Waals surface area contributed by atoms with Crippen molar-refractivity contribution >= 4 is 17.5 Å². The first-order valence-electron chi connectivity index (χ1n) is 6.82. The van der Waals surface area contributed by atoms with Crippen LogP contribution in [-0.4, -0.2) is 24.1 Å². The molecule has 0 amide bonds. The van der Waals surface area contributed by atoms with E-state index < -0.39 is 5.97 Å². The lowest BCUT2D eigenvalue weighted by atomic mass is 10.2. The molecule has 0 atom stereocenters. The average Bonchev–Trinajstić information content (AvgIpc) is 2.49. The van der Waals surface area contributed by atoms with Gasteiger partial charge in [0.2, 0.25) is 0 Å². The molecule has 110 valence electrons. The van der Waals surface area contributed by atoms with Gasteiger partial charge in [0.05, 0.1) is 12.2 Å². The van der Waals surface area contributed by atoms with Crippen LogP contribution in [0, 0.1) is 5.82 Å². The predicted octanol–water partition coefficient (Wildman–Crippen LogP) is 3.56. The van der Waals surface area contributed by atoms with Crippen LogP contribution in [0.2, 0.25) is 0 Å². The van der Waals surface area contributed by atoms with Crippen LogP contribution in [0.4, 0.5) is 15.9 Å². The summed E-state index contributed by atoms with van der Waals surface area (Å²) in [5.74, 6) is -0.0457. The maximum atomic E-state index is 13.3. The number of aromatic nitrogens is 1. The van der Waals surface area contributed by atoms with Crippen LogP contribution in [0.1, 0.15) is 24.2 Å². The van der Waals surface area contributed by atoms with Gasteiger partial charge in [0.15, 0.2) is 0 Å². The zero-order chi connectivity index (χ0) is 15.2. The molecule has 0 N–H and O–H groups in total. The Morgan fingerprint density at radius 2 is 2.10 bits per heavy atom. The highest BCUT2D eigenvalue weighted by Gasteiger charge is 2.11. The third-order valence-corrected chi connectivity index (χ3v) is 2.97. The molecule has 1 heterocycles. The van der Waals surface area contributed by atoms with Crippen LogP contribution >= 0.6 is 0 Å². The van der Waals surface area contributed by atoms with E-state index in [0.717, 1.165) is 0 Å². The summed E-state index contributed by atoms with van der Waals surface area (Å²) in [6.07, 6.45) is 1.47. The minimum Gasteiger partial charge on any atom is -0.462 e. The van der Waals surface area contributed by atoms with Crippen molar-refractivity contribution in [2.24, 2.45) is 0 Å². The van der Waals surface area contributed by atoms with Gasteiger partial charge in [0.25, 0.3) is 0 Å². The fourth-order valence-electron chi connectivity index (χ4n) is 2.00. The zero-order valence-electron chi connectivity index (χ0n) is 12.0. The fourth-order valence-corrected chi connectivity index (χ4v) is 2.00. The number of hydrogen-bond donors (Lipinski definition) is 0. The van der Waals surface area contributed by atoms with E-state index in [1.54, 1.807) is 25.1 Å². The maximum Gasteiger partial charge on any atom is 0.339 e. The van der Waals surface area contributed by atoms with Crippen LogP contribution < -0.4 is 4.90 Å². The number of hydrogen-bond acceptors (Lipinski definition) is 4. The molecule has 1 aromatic heterocycles. The van der Waals surface area contributed by atoms with Gasteiger partial charge in [-0.05, 0) is 44.2 Å². The summed E-state index contributed by atoms with van der Waals surface area (Å²) in [5, 5.41) is 0. The molecule has 2 aromatic rings. The van der Waals surface area contributed by atoms with Gasteiger partial charge in [0, 0.05) is 18.4 Å². The highest BCUT2D eigenvalue weighted by Crippen LogP contribution is 2.23. The smallest absolute Gasteiger partial charge is 0.339 e. The van der Waals surface area contributed by atoms with Crippen LogP contribution in [0.5, 0.6) is 0 Å². The molecule has 0 aliphatic carbocycles. The number of ether oxygens (including phenoxy) is 1. The SMILES string of the molecule is CCOC(=O)c1ccc(N(CC)c2cccc(F)c2)nc1. The second-order valence-electron chi connectivity index (χ2n) is 4.35. The van der Waals surface area contributed by atoms with Gasteiger partial charge >= 0.3 is 5.97 Å². The molecule has 0 fully saturated rings. The van der Waals surface area contributed by atoms with Crippen molar-refractivity contribution in [1.29, 1.82) is 0 Å². The van der Waals surface area contributed by atoms with Gasteiger partial charge in [-0.3, -0.25) is 0 Å². The molecule has 0 unspecified atom stereocenters. The third-order valence-electron chi connectivity index (χ3n) is 2.97. The van der Waals surface area contributed by atoms with Gasteiger partial charge in [-0.25, -0.2) is 14.2 Å². The molecule has 21 heavy (non-hydrogen) atoms. The Morgan fingerprint density at radius 3 is 2.67 bits per heavy atom. The number of carbonyl (C=O) groups excluding carboxylic acids is 1. The Hall–Kier alpha value is -2.43. The summed E-state index contributed by atoms with van der Waals surface area (Å²) < 4.78 is 18.2. The molecule has 0 aliphatic heterocycles. The Kier molecular flexibility index (Phi) is 4.87. The van der Waals surface area contributed by atoms with E-state index >= 15 is 0 Å². The van der Waals surface area contributed by atoms with E-state index in [2.05, 4.69) is 4.98 Å². The van der Waals surface area contributed by atoms with E-state index in [0.29, 0.717) is 30.2 Å². The third kappa shape index (κ3) is 3.56. The topological polar surface area (TPSA) is 42.4 Å². The summed E-state index contributed by atoms with van der Waals surface area (Å²) in [7, 11) is 0. The van der Waals surface area contributed by atoms with Crippen molar-refractivity contribution in [2.75, 3.05) is 18.1 Å². The second kappa shape index (κ2) is 6.83. The van der Waals surface area contributed by atoms with Gasteiger partial charge in [0.1, 0.15) is 11.6 Å². The minimum atomic E-state index is -0.398. The lowest BCUT2D eigenvalue weighted by Gasteiger charge is -2.22. The summed E-state index contributed by atoms with van der Waals surface area (Å²) in [6.45, 7) is 4.66. The first-order valence-corrected chi connectivity index (χ1v) is 6.82. The largest absolute Gasteiger partial charge is 0.462 e. The van der Waals surface area contributed by atoms with Crippen LogP contribution in [0.25, 0.3) is 0 Å². The predicted molar refractivity (Wildman–Crippen MR) is 79.3 cm³/mol. The van der Waals surface area contributed by atoms with Crippen LogP contribution in [-0.2, 0) is 4.74 Å². The number of anilines is 2. The monoisotopic (exact) mass is 288 g/mol. The Balaban J connectivity index is 2.25. The summed E-state index contributed by atoms with van der Waals surface area (Å²) in [4.78, 5) is 17.7. The highest BCUT2D eigenvalue weighted by molar-refractivity contribution is 5.89. The number of carbonyl (C=O) groups is 1. The Bertz CT molecular complexity index is 614. The molecule has 4 nitrogen and oxygen atoms in total. The molecule has 0 saturated heterocycles. The van der Waals surface area contributed by atoms with Crippen LogP contribution in [0.15, 0.2) is 42.6 Å². The van der Waals surface area contributed by atoms with Crippen molar-refractivity contribution < 1.29 is 13.9 Å². The molecule has 0 radical (unpaired) electrons. The summed E-state index contributed by atoms with van der Waals surface area (Å²) in [6, 6.07) is 9.69. The minimum absolute atomic E-state index is 0.297. The number of halogens is 1. The van der Waals surface area contributed by atoms with Gasteiger partial charge in [-0.2, -0.15) is 0 Å². The molecule has 2 rings (SSSR count). The second-order valence-corrected chi connectivity index (χ2v) is 4.35. The normalized spacial score (nSPS) is 10.2.